The van der Waals surface area contributed by atoms with E-state index in [-0.39, 0.29) is 17.1 Å². The van der Waals surface area contributed by atoms with E-state index in [1.54, 1.807) is 38.2 Å². The molecule has 1 aromatic heterocycles. The largest absolute Gasteiger partial charge is 0.496 e. The summed E-state index contributed by atoms with van der Waals surface area (Å²) < 4.78 is 16.2. The predicted molar refractivity (Wildman–Crippen MR) is 116 cm³/mol. The van der Waals surface area contributed by atoms with E-state index < -0.39 is 22.7 Å². The summed E-state index contributed by atoms with van der Waals surface area (Å²) in [4.78, 5) is 40.1. The van der Waals surface area contributed by atoms with Gasteiger partial charge < -0.3 is 13.9 Å². The first kappa shape index (κ1) is 21.7. The average Bonchev–Trinajstić information content (AvgIpc) is 3.36. The zero-order chi connectivity index (χ0) is 23.7. The molecule has 0 aliphatic carbocycles. The molecule has 0 radical (unpaired) electrons. The third kappa shape index (κ3) is 4.15. The lowest BCUT2D eigenvalue weighted by Gasteiger charge is -2.16. The Labute approximate surface area is 187 Å². The Kier molecular flexibility index (Phi) is 5.61. The molecule has 1 aliphatic rings. The molecule has 0 fully saturated rings. The van der Waals surface area contributed by atoms with Crippen LogP contribution in [0.5, 0.6) is 11.5 Å². The van der Waals surface area contributed by atoms with Crippen molar-refractivity contribution in [3.63, 3.8) is 0 Å². The number of rotatable bonds is 6. The standard InChI is InChI=1S/C22H18N4O7/c1-12-11-23-20(32-12)17-10-15(6-9-18(17)31-3)25-21(27)19(13(2)24-25)22(28)33-16-7-4-14(5-8-16)26(29)30/h4-11,19H,1-3H3. The maximum atomic E-state index is 13.0. The number of carbonyl (C=O) groups is 2. The highest BCUT2D eigenvalue weighted by Crippen LogP contribution is 2.35. The molecule has 0 spiro atoms. The summed E-state index contributed by atoms with van der Waals surface area (Å²) in [6, 6.07) is 9.87. The molecule has 4 rings (SSSR count). The molecular formula is C22H18N4O7. The van der Waals surface area contributed by atoms with E-state index in [9.17, 15) is 19.7 Å². The third-order valence-corrected chi connectivity index (χ3v) is 4.91. The lowest BCUT2D eigenvalue weighted by molar-refractivity contribution is -0.384. The van der Waals surface area contributed by atoms with E-state index >= 15 is 0 Å². The molecule has 1 amide bonds. The lowest BCUT2D eigenvalue weighted by Crippen LogP contribution is -2.35. The zero-order valence-electron chi connectivity index (χ0n) is 17.8. The van der Waals surface area contributed by atoms with Crippen LogP contribution in [0.1, 0.15) is 12.7 Å². The molecule has 0 N–H and O–H groups in total. The molecule has 1 unspecified atom stereocenters. The number of oxazole rings is 1. The van der Waals surface area contributed by atoms with Crippen molar-refractivity contribution in [2.24, 2.45) is 11.0 Å². The number of nitrogens with zero attached hydrogens (tertiary/aromatic N) is 4. The number of esters is 1. The van der Waals surface area contributed by atoms with Gasteiger partial charge in [0.2, 0.25) is 5.89 Å². The summed E-state index contributed by atoms with van der Waals surface area (Å²) in [5, 5.41) is 16.1. The van der Waals surface area contributed by atoms with Gasteiger partial charge in [-0.1, -0.05) is 0 Å². The number of aryl methyl sites for hydroxylation is 1. The van der Waals surface area contributed by atoms with Crippen molar-refractivity contribution in [1.29, 1.82) is 0 Å². The van der Waals surface area contributed by atoms with Gasteiger partial charge in [-0.3, -0.25) is 19.7 Å². The number of benzene rings is 2. The van der Waals surface area contributed by atoms with Gasteiger partial charge in [-0.05, 0) is 44.2 Å². The molecule has 11 heteroatoms. The quantitative estimate of drug-likeness (QED) is 0.183. The summed E-state index contributed by atoms with van der Waals surface area (Å²) in [6.07, 6.45) is 1.56. The Morgan fingerprint density at radius 3 is 2.52 bits per heavy atom. The van der Waals surface area contributed by atoms with E-state index in [0.29, 0.717) is 28.7 Å². The number of hydrogen-bond acceptors (Lipinski definition) is 9. The van der Waals surface area contributed by atoms with Crippen molar-refractivity contribution in [2.45, 2.75) is 13.8 Å². The number of aromatic nitrogens is 1. The lowest BCUT2D eigenvalue weighted by atomic mass is 10.0. The van der Waals surface area contributed by atoms with Crippen LogP contribution in [0, 0.1) is 23.0 Å². The van der Waals surface area contributed by atoms with Crippen molar-refractivity contribution < 1.29 is 28.4 Å². The molecular weight excluding hydrogens is 432 g/mol. The Morgan fingerprint density at radius 2 is 1.91 bits per heavy atom. The number of carbonyl (C=O) groups excluding carboxylic acids is 2. The van der Waals surface area contributed by atoms with Crippen LogP contribution < -0.4 is 14.5 Å². The first-order valence-corrected chi connectivity index (χ1v) is 9.74. The average molecular weight is 450 g/mol. The summed E-state index contributed by atoms with van der Waals surface area (Å²) in [5.74, 6) is -1.20. The molecule has 0 saturated carbocycles. The van der Waals surface area contributed by atoms with Crippen molar-refractivity contribution in [1.82, 2.24) is 4.98 Å². The number of nitro benzene ring substituents is 1. The van der Waals surface area contributed by atoms with E-state index in [1.807, 2.05) is 0 Å². The molecule has 2 heterocycles. The summed E-state index contributed by atoms with van der Waals surface area (Å²) in [5.41, 5.74) is 1.00. The number of nitro groups is 1. The van der Waals surface area contributed by atoms with Crippen LogP contribution in [0.15, 0.2) is 58.2 Å². The van der Waals surface area contributed by atoms with Crippen LogP contribution in [-0.2, 0) is 9.59 Å². The maximum Gasteiger partial charge on any atom is 0.329 e. The Balaban J connectivity index is 1.57. The fourth-order valence-electron chi connectivity index (χ4n) is 3.31. The van der Waals surface area contributed by atoms with Gasteiger partial charge in [-0.15, -0.1) is 0 Å². The van der Waals surface area contributed by atoms with E-state index in [1.165, 1.54) is 31.4 Å². The highest BCUT2D eigenvalue weighted by atomic mass is 16.6. The van der Waals surface area contributed by atoms with Gasteiger partial charge in [0.15, 0.2) is 5.92 Å². The van der Waals surface area contributed by atoms with Crippen LogP contribution in [0.4, 0.5) is 11.4 Å². The number of amides is 1. The second-order valence-corrected chi connectivity index (χ2v) is 7.16. The maximum absolute atomic E-state index is 13.0. The van der Waals surface area contributed by atoms with Crippen LogP contribution in [0.3, 0.4) is 0 Å². The minimum absolute atomic E-state index is 0.0793. The molecule has 0 saturated heterocycles. The first-order valence-electron chi connectivity index (χ1n) is 9.74. The Bertz CT molecular complexity index is 1280. The number of hydrogen-bond donors (Lipinski definition) is 0. The summed E-state index contributed by atoms with van der Waals surface area (Å²) in [6.45, 7) is 3.30. The van der Waals surface area contributed by atoms with Crippen LogP contribution in [-0.4, -0.2) is 34.6 Å². The first-order chi connectivity index (χ1) is 15.8. The highest BCUT2D eigenvalue weighted by Gasteiger charge is 2.41. The van der Waals surface area contributed by atoms with E-state index in [0.717, 1.165) is 5.01 Å². The number of hydrazone groups is 1. The van der Waals surface area contributed by atoms with Gasteiger partial charge in [0, 0.05) is 12.1 Å². The van der Waals surface area contributed by atoms with Gasteiger partial charge in [-0.2, -0.15) is 10.1 Å². The molecule has 3 aromatic rings. The van der Waals surface area contributed by atoms with Crippen LogP contribution in [0.2, 0.25) is 0 Å². The monoisotopic (exact) mass is 450 g/mol. The number of ether oxygens (including phenoxy) is 2. The summed E-state index contributed by atoms with van der Waals surface area (Å²) in [7, 11) is 1.50. The van der Waals surface area contributed by atoms with E-state index in [2.05, 4.69) is 10.1 Å². The molecule has 168 valence electrons. The summed E-state index contributed by atoms with van der Waals surface area (Å²) >= 11 is 0. The molecule has 33 heavy (non-hydrogen) atoms. The Morgan fingerprint density at radius 1 is 1.18 bits per heavy atom. The van der Waals surface area contributed by atoms with Gasteiger partial charge in [0.05, 0.1) is 35.2 Å². The molecule has 11 nitrogen and oxygen atoms in total. The number of methoxy groups -OCH3 is 1. The SMILES string of the molecule is COc1ccc(N2N=C(C)C(C(=O)Oc3ccc([N+](=O)[O-])cc3)C2=O)cc1-c1ncc(C)o1. The molecule has 2 aromatic carbocycles. The van der Waals surface area contributed by atoms with Gasteiger partial charge in [-0.25, -0.2) is 4.98 Å². The minimum Gasteiger partial charge on any atom is -0.496 e. The van der Waals surface area contributed by atoms with E-state index in [4.69, 9.17) is 13.9 Å². The van der Waals surface area contributed by atoms with Crippen molar-refractivity contribution in [3.8, 4) is 23.0 Å². The van der Waals surface area contributed by atoms with Gasteiger partial charge in [0.1, 0.15) is 17.3 Å². The second-order valence-electron chi connectivity index (χ2n) is 7.16. The zero-order valence-corrected chi connectivity index (χ0v) is 17.8. The molecule has 1 aliphatic heterocycles. The fraction of sp³-hybridized carbons (Fsp3) is 0.182. The minimum atomic E-state index is -1.25. The number of anilines is 1. The molecule has 1 atom stereocenters. The van der Waals surface area contributed by atoms with Gasteiger partial charge in [0.25, 0.3) is 11.6 Å². The fourth-order valence-corrected chi connectivity index (χ4v) is 3.31. The van der Waals surface area contributed by atoms with Crippen molar-refractivity contribution >= 4 is 29.0 Å². The highest BCUT2D eigenvalue weighted by molar-refractivity contribution is 6.25. The Hall–Kier alpha value is -4.54. The predicted octanol–water partition coefficient (Wildman–Crippen LogP) is 3.51. The van der Waals surface area contributed by atoms with Gasteiger partial charge >= 0.3 is 5.97 Å². The van der Waals surface area contributed by atoms with Crippen molar-refractivity contribution in [2.75, 3.05) is 12.1 Å². The topological polar surface area (TPSA) is 137 Å². The second kappa shape index (κ2) is 8.54. The van der Waals surface area contributed by atoms with Crippen LogP contribution >= 0.6 is 0 Å². The van der Waals surface area contributed by atoms with Crippen molar-refractivity contribution in [3.05, 3.63) is 64.5 Å². The third-order valence-electron chi connectivity index (χ3n) is 4.91. The van der Waals surface area contributed by atoms with Crippen LogP contribution in [0.25, 0.3) is 11.5 Å². The smallest absolute Gasteiger partial charge is 0.329 e. The normalized spacial score (nSPS) is 15.4. The number of non-ortho nitro benzene ring substituents is 1. The molecule has 0 bridgehead atoms.